The number of para-hydroxylation sites is 1. The van der Waals surface area contributed by atoms with Gasteiger partial charge in [-0.05, 0) is 48.0 Å². The molecule has 40 heavy (non-hydrogen) atoms. The number of rotatable bonds is 6. The van der Waals surface area contributed by atoms with Crippen LogP contribution in [0.1, 0.15) is 28.3 Å². The molecule has 1 heterocycles. The van der Waals surface area contributed by atoms with Crippen LogP contribution in [0.5, 0.6) is 11.5 Å². The zero-order valence-corrected chi connectivity index (χ0v) is 21.4. The summed E-state index contributed by atoms with van der Waals surface area (Å²) in [5, 5.41) is 9.44. The predicted molar refractivity (Wildman–Crippen MR) is 142 cm³/mol. The summed E-state index contributed by atoms with van der Waals surface area (Å²) in [7, 11) is 0. The van der Waals surface area contributed by atoms with E-state index in [1.807, 2.05) is 6.07 Å². The molecule has 1 unspecified atom stereocenters. The maximum atomic E-state index is 13.8. The van der Waals surface area contributed by atoms with Gasteiger partial charge in [0.05, 0.1) is 29.4 Å². The van der Waals surface area contributed by atoms with Gasteiger partial charge in [-0.15, -0.1) is 0 Å². The van der Waals surface area contributed by atoms with Gasteiger partial charge in [-0.2, -0.15) is 18.4 Å². The molecule has 0 aromatic heterocycles. The number of benzene rings is 4. The number of alkyl halides is 3. The zero-order valence-electron chi connectivity index (χ0n) is 20.6. The van der Waals surface area contributed by atoms with Gasteiger partial charge in [0.15, 0.2) is 0 Å². The Morgan fingerprint density at radius 2 is 1.57 bits per heavy atom. The highest BCUT2D eigenvalue weighted by Gasteiger charge is 2.47. The molecule has 0 bridgehead atoms. The Kier molecular flexibility index (Phi) is 7.20. The number of carbonyl (C=O) groups excluding carboxylic acids is 2. The zero-order chi connectivity index (χ0) is 28.4. The molecule has 1 aliphatic rings. The van der Waals surface area contributed by atoms with Crippen molar-refractivity contribution in [3.05, 3.63) is 124 Å². The Morgan fingerprint density at radius 3 is 2.23 bits per heavy atom. The fraction of sp³-hybridized carbons (Fsp3) is 0.100. The number of amides is 3. The molecule has 0 saturated carbocycles. The van der Waals surface area contributed by atoms with E-state index in [2.05, 4.69) is 0 Å². The van der Waals surface area contributed by atoms with Crippen molar-refractivity contribution in [3.8, 4) is 17.6 Å². The number of anilines is 1. The number of hydrogen-bond acceptors (Lipinski definition) is 4. The van der Waals surface area contributed by atoms with Crippen LogP contribution in [0.15, 0.2) is 97.1 Å². The molecule has 5 rings (SSSR count). The SMILES string of the molecule is N#Cc1ccc(N2C(=O)C(c3ccccc3)N(Cc3c(Cl)cccc3Oc3ccccc3)C2=O)cc1C(F)(F)F. The van der Waals surface area contributed by atoms with Crippen molar-refractivity contribution < 1.29 is 27.5 Å². The first-order chi connectivity index (χ1) is 19.2. The summed E-state index contributed by atoms with van der Waals surface area (Å²) < 4.78 is 47.1. The van der Waals surface area contributed by atoms with Gasteiger partial charge in [0.1, 0.15) is 17.5 Å². The Morgan fingerprint density at radius 1 is 0.900 bits per heavy atom. The lowest BCUT2D eigenvalue weighted by molar-refractivity contribution is -0.137. The fourth-order valence-electron chi connectivity index (χ4n) is 4.52. The number of hydrogen-bond donors (Lipinski definition) is 0. The second kappa shape index (κ2) is 10.8. The molecule has 4 aromatic rings. The molecule has 1 fully saturated rings. The first kappa shape index (κ1) is 26.8. The molecule has 200 valence electrons. The highest BCUT2D eigenvalue weighted by molar-refractivity contribution is 6.31. The molecular weight excluding hydrogens is 543 g/mol. The summed E-state index contributed by atoms with van der Waals surface area (Å²) in [4.78, 5) is 29.5. The second-order valence-electron chi connectivity index (χ2n) is 8.87. The Balaban J connectivity index is 1.59. The van der Waals surface area contributed by atoms with E-state index in [-0.39, 0.29) is 17.3 Å². The minimum atomic E-state index is -4.87. The van der Waals surface area contributed by atoms with E-state index >= 15 is 0 Å². The van der Waals surface area contributed by atoms with Gasteiger partial charge < -0.3 is 9.64 Å². The molecule has 1 aliphatic heterocycles. The van der Waals surface area contributed by atoms with Crippen molar-refractivity contribution >= 4 is 29.2 Å². The first-order valence-corrected chi connectivity index (χ1v) is 12.4. The van der Waals surface area contributed by atoms with E-state index in [0.29, 0.717) is 33.6 Å². The van der Waals surface area contributed by atoms with Crippen LogP contribution >= 0.6 is 11.6 Å². The molecule has 0 spiro atoms. The summed E-state index contributed by atoms with van der Waals surface area (Å²) in [5.41, 5.74) is -1.29. The quantitative estimate of drug-likeness (QED) is 0.226. The second-order valence-corrected chi connectivity index (χ2v) is 9.28. The van der Waals surface area contributed by atoms with Crippen LogP contribution < -0.4 is 9.64 Å². The number of urea groups is 1. The lowest BCUT2D eigenvalue weighted by Crippen LogP contribution is -2.33. The standard InChI is InChI=1S/C30H19ClF3N3O3/c31-25-12-7-13-26(40-22-10-5-2-6-11-22)23(25)18-36-27(19-8-3-1-4-9-19)28(38)37(29(36)39)21-15-14-20(17-35)24(16-21)30(32,33)34/h1-16,27H,18H2. The Labute approximate surface area is 232 Å². The molecule has 1 atom stereocenters. The van der Waals surface area contributed by atoms with Gasteiger partial charge in [0.2, 0.25) is 0 Å². The summed E-state index contributed by atoms with van der Waals surface area (Å²) in [5.74, 6) is 0.127. The predicted octanol–water partition coefficient (Wildman–Crippen LogP) is 7.73. The minimum absolute atomic E-state index is 0.176. The third-order valence-electron chi connectivity index (χ3n) is 6.38. The normalized spacial score (nSPS) is 15.3. The van der Waals surface area contributed by atoms with Crippen molar-refractivity contribution in [1.29, 1.82) is 5.26 Å². The highest BCUT2D eigenvalue weighted by Crippen LogP contribution is 2.41. The van der Waals surface area contributed by atoms with Crippen molar-refractivity contribution in [3.63, 3.8) is 0 Å². The summed E-state index contributed by atoms with van der Waals surface area (Å²) in [6, 6.07) is 24.5. The van der Waals surface area contributed by atoms with Crippen LogP contribution in [-0.4, -0.2) is 16.8 Å². The van der Waals surface area contributed by atoms with Gasteiger partial charge >= 0.3 is 12.2 Å². The van der Waals surface area contributed by atoms with Crippen LogP contribution in [0.25, 0.3) is 0 Å². The number of imide groups is 1. The van der Waals surface area contributed by atoms with Gasteiger partial charge in [-0.25, -0.2) is 9.69 Å². The average molecular weight is 562 g/mol. The number of halogens is 4. The van der Waals surface area contributed by atoms with Gasteiger partial charge in [0.25, 0.3) is 5.91 Å². The van der Waals surface area contributed by atoms with E-state index in [4.69, 9.17) is 21.6 Å². The van der Waals surface area contributed by atoms with Crippen molar-refractivity contribution in [2.75, 3.05) is 4.90 Å². The van der Waals surface area contributed by atoms with Crippen molar-refractivity contribution in [1.82, 2.24) is 4.90 Å². The molecule has 3 amide bonds. The van der Waals surface area contributed by atoms with Crippen LogP contribution in [0.4, 0.5) is 23.7 Å². The third kappa shape index (κ3) is 5.09. The third-order valence-corrected chi connectivity index (χ3v) is 6.73. The Hall–Kier alpha value is -4.81. The van der Waals surface area contributed by atoms with Gasteiger partial charge in [0, 0.05) is 10.6 Å². The maximum Gasteiger partial charge on any atom is 0.417 e. The molecule has 0 aliphatic carbocycles. The largest absolute Gasteiger partial charge is 0.457 e. The number of nitrogens with zero attached hydrogens (tertiary/aromatic N) is 3. The monoisotopic (exact) mass is 561 g/mol. The maximum absolute atomic E-state index is 13.8. The van der Waals surface area contributed by atoms with Crippen molar-refractivity contribution in [2.45, 2.75) is 18.8 Å². The first-order valence-electron chi connectivity index (χ1n) is 12.0. The lowest BCUT2D eigenvalue weighted by atomic mass is 10.0. The summed E-state index contributed by atoms with van der Waals surface area (Å²) in [6.45, 7) is -0.176. The van der Waals surface area contributed by atoms with E-state index in [0.717, 1.165) is 12.1 Å². The van der Waals surface area contributed by atoms with Crippen LogP contribution in [0.2, 0.25) is 5.02 Å². The van der Waals surface area contributed by atoms with Gasteiger partial charge in [-0.3, -0.25) is 4.79 Å². The lowest BCUT2D eigenvalue weighted by Gasteiger charge is -2.24. The molecule has 4 aromatic carbocycles. The van der Waals surface area contributed by atoms with E-state index in [9.17, 15) is 22.8 Å². The molecule has 0 N–H and O–H groups in total. The van der Waals surface area contributed by atoms with E-state index in [1.165, 1.54) is 11.0 Å². The average Bonchev–Trinajstić information content (AvgIpc) is 3.19. The number of carbonyl (C=O) groups is 2. The fourth-order valence-corrected chi connectivity index (χ4v) is 4.75. The van der Waals surface area contributed by atoms with Crippen molar-refractivity contribution in [2.24, 2.45) is 0 Å². The van der Waals surface area contributed by atoms with Crippen LogP contribution in [0.3, 0.4) is 0 Å². The van der Waals surface area contributed by atoms with E-state index < -0.39 is 35.3 Å². The molecule has 0 radical (unpaired) electrons. The Bertz CT molecular complexity index is 1620. The van der Waals surface area contributed by atoms with Crippen LogP contribution in [-0.2, 0) is 17.5 Å². The smallest absolute Gasteiger partial charge is 0.417 e. The number of ether oxygens (including phenoxy) is 1. The topological polar surface area (TPSA) is 73.6 Å². The van der Waals surface area contributed by atoms with Crippen LogP contribution in [0, 0.1) is 11.3 Å². The molecule has 10 heteroatoms. The van der Waals surface area contributed by atoms with Gasteiger partial charge in [-0.1, -0.05) is 66.2 Å². The highest BCUT2D eigenvalue weighted by atomic mass is 35.5. The molecule has 1 saturated heterocycles. The number of nitriles is 1. The van der Waals surface area contributed by atoms with E-state index in [1.54, 1.807) is 72.8 Å². The summed E-state index contributed by atoms with van der Waals surface area (Å²) >= 11 is 6.54. The minimum Gasteiger partial charge on any atom is -0.457 e. The molecule has 6 nitrogen and oxygen atoms in total. The summed E-state index contributed by atoms with van der Waals surface area (Å²) in [6.07, 6.45) is -4.87. The molecular formula is C30H19ClF3N3O3.